The van der Waals surface area contributed by atoms with E-state index in [4.69, 9.17) is 16.3 Å². The number of ether oxygens (including phenoxy) is 1. The zero-order chi connectivity index (χ0) is 22.4. The fourth-order valence-electron chi connectivity index (χ4n) is 2.55. The van der Waals surface area contributed by atoms with Gasteiger partial charge in [-0.15, -0.1) is 0 Å². The van der Waals surface area contributed by atoms with Crippen molar-refractivity contribution in [2.45, 2.75) is 0 Å². The van der Waals surface area contributed by atoms with Gasteiger partial charge < -0.3 is 20.7 Å². The molecular formula is C21H17ClN4O5. The van der Waals surface area contributed by atoms with E-state index in [9.17, 15) is 19.7 Å². The van der Waals surface area contributed by atoms with Crippen molar-refractivity contribution in [3.8, 4) is 11.5 Å². The lowest BCUT2D eigenvalue weighted by Gasteiger charge is -2.09. The van der Waals surface area contributed by atoms with Crippen LogP contribution < -0.4 is 20.7 Å². The minimum absolute atomic E-state index is 0.0389. The first-order valence-corrected chi connectivity index (χ1v) is 9.35. The number of nitro groups is 1. The third-order valence-corrected chi connectivity index (χ3v) is 4.32. The molecule has 0 saturated heterocycles. The van der Waals surface area contributed by atoms with Gasteiger partial charge in [0.2, 0.25) is 5.75 Å². The van der Waals surface area contributed by atoms with Crippen LogP contribution in [0.2, 0.25) is 5.02 Å². The maximum Gasteiger partial charge on any atom is 0.318 e. The summed E-state index contributed by atoms with van der Waals surface area (Å²) in [5.41, 5.74) is 1.23. The lowest BCUT2D eigenvalue weighted by molar-refractivity contribution is -0.385. The summed E-state index contributed by atoms with van der Waals surface area (Å²) >= 11 is 5.80. The highest BCUT2D eigenvalue weighted by molar-refractivity contribution is 6.30. The van der Waals surface area contributed by atoms with E-state index in [2.05, 4.69) is 16.0 Å². The Bertz CT molecular complexity index is 1120. The van der Waals surface area contributed by atoms with Crippen LogP contribution in [0.15, 0.2) is 66.7 Å². The van der Waals surface area contributed by atoms with Gasteiger partial charge in [0.15, 0.2) is 0 Å². The van der Waals surface area contributed by atoms with Gasteiger partial charge in [0.1, 0.15) is 5.75 Å². The summed E-state index contributed by atoms with van der Waals surface area (Å²) < 4.78 is 5.56. The van der Waals surface area contributed by atoms with E-state index in [1.807, 2.05) is 0 Å². The molecule has 3 aromatic rings. The molecule has 0 unspecified atom stereocenters. The fraction of sp³-hybridized carbons (Fsp3) is 0.0476. The van der Waals surface area contributed by atoms with Crippen molar-refractivity contribution in [3.63, 3.8) is 0 Å². The number of carbonyl (C=O) groups is 2. The van der Waals surface area contributed by atoms with E-state index in [1.54, 1.807) is 24.3 Å². The number of nitrogens with one attached hydrogen (secondary N) is 3. The zero-order valence-electron chi connectivity index (χ0n) is 16.2. The highest BCUT2D eigenvalue weighted by atomic mass is 35.5. The molecule has 3 amide bonds. The normalized spacial score (nSPS) is 10.1. The molecule has 0 atom stereocenters. The Morgan fingerprint density at radius 1 is 0.935 bits per heavy atom. The molecule has 0 radical (unpaired) electrons. The number of hydrogen-bond acceptors (Lipinski definition) is 5. The second kappa shape index (κ2) is 9.59. The van der Waals surface area contributed by atoms with Gasteiger partial charge in [-0.3, -0.25) is 14.9 Å². The zero-order valence-corrected chi connectivity index (χ0v) is 17.0. The van der Waals surface area contributed by atoms with Crippen LogP contribution >= 0.6 is 11.6 Å². The average molecular weight is 441 g/mol. The average Bonchev–Trinajstić information content (AvgIpc) is 2.76. The Kier molecular flexibility index (Phi) is 6.68. The van der Waals surface area contributed by atoms with E-state index in [0.29, 0.717) is 22.7 Å². The van der Waals surface area contributed by atoms with Crippen molar-refractivity contribution < 1.29 is 19.2 Å². The standard InChI is InChI=1S/C21H17ClN4O5/c1-23-21(28)25-16-7-5-15(6-8-16)24-20(27)13-2-9-17(10-3-13)31-19-11-4-14(22)12-18(19)26(29)30/h2-12H,1H3,(H,24,27)(H2,23,25,28). The van der Waals surface area contributed by atoms with Crippen LogP contribution in [0.4, 0.5) is 21.9 Å². The van der Waals surface area contributed by atoms with Crippen molar-refractivity contribution in [1.29, 1.82) is 0 Å². The molecule has 31 heavy (non-hydrogen) atoms. The minimum Gasteiger partial charge on any atom is -0.450 e. The molecule has 0 bridgehead atoms. The van der Waals surface area contributed by atoms with E-state index in [-0.39, 0.29) is 28.4 Å². The number of urea groups is 1. The molecule has 0 spiro atoms. The van der Waals surface area contributed by atoms with E-state index < -0.39 is 4.92 Å². The van der Waals surface area contributed by atoms with Gasteiger partial charge in [-0.2, -0.15) is 0 Å². The maximum atomic E-state index is 12.4. The number of anilines is 2. The maximum absolute atomic E-state index is 12.4. The van der Waals surface area contributed by atoms with Gasteiger partial charge in [0.05, 0.1) is 4.92 Å². The second-order valence-electron chi connectivity index (χ2n) is 6.23. The molecular weight excluding hydrogens is 424 g/mol. The van der Waals surface area contributed by atoms with Gasteiger partial charge in [0.25, 0.3) is 5.91 Å². The topological polar surface area (TPSA) is 123 Å². The van der Waals surface area contributed by atoms with Crippen molar-refractivity contribution >= 4 is 40.6 Å². The number of nitrogens with zero attached hydrogens (tertiary/aromatic N) is 1. The summed E-state index contributed by atoms with van der Waals surface area (Å²) in [5.74, 6) is 0.0136. The minimum atomic E-state index is -0.585. The van der Waals surface area contributed by atoms with Crippen molar-refractivity contribution in [3.05, 3.63) is 87.4 Å². The third kappa shape index (κ3) is 5.71. The number of halogens is 1. The molecule has 0 fully saturated rings. The lowest BCUT2D eigenvalue weighted by atomic mass is 10.2. The van der Waals surface area contributed by atoms with Crippen LogP contribution in [0.1, 0.15) is 10.4 Å². The van der Waals surface area contributed by atoms with Gasteiger partial charge in [-0.1, -0.05) is 11.6 Å². The van der Waals surface area contributed by atoms with Crippen LogP contribution in [-0.4, -0.2) is 23.9 Å². The molecule has 0 heterocycles. The summed E-state index contributed by atoms with van der Waals surface area (Å²) in [4.78, 5) is 34.3. The molecule has 0 aliphatic rings. The monoisotopic (exact) mass is 440 g/mol. The fourth-order valence-corrected chi connectivity index (χ4v) is 2.72. The van der Waals surface area contributed by atoms with E-state index >= 15 is 0 Å². The number of amides is 3. The van der Waals surface area contributed by atoms with Crippen LogP contribution in [0.25, 0.3) is 0 Å². The molecule has 3 rings (SSSR count). The molecule has 3 N–H and O–H groups in total. The Labute approximate surface area is 182 Å². The number of carbonyl (C=O) groups excluding carboxylic acids is 2. The van der Waals surface area contributed by atoms with Crippen LogP contribution in [-0.2, 0) is 0 Å². The van der Waals surface area contributed by atoms with E-state index in [0.717, 1.165) is 0 Å². The molecule has 158 valence electrons. The Hall–Kier alpha value is -4.11. The number of benzene rings is 3. The quantitative estimate of drug-likeness (QED) is 0.366. The van der Waals surface area contributed by atoms with Crippen molar-refractivity contribution in [2.24, 2.45) is 0 Å². The Morgan fingerprint density at radius 2 is 1.55 bits per heavy atom. The Balaban J connectivity index is 1.65. The first kappa shape index (κ1) is 21.6. The van der Waals surface area contributed by atoms with Gasteiger partial charge in [-0.05, 0) is 60.7 Å². The first-order chi connectivity index (χ1) is 14.9. The molecule has 3 aromatic carbocycles. The smallest absolute Gasteiger partial charge is 0.318 e. The summed E-state index contributed by atoms with van der Waals surface area (Å²) in [6.07, 6.45) is 0. The van der Waals surface area contributed by atoms with Gasteiger partial charge >= 0.3 is 11.7 Å². The number of rotatable bonds is 6. The highest BCUT2D eigenvalue weighted by Crippen LogP contribution is 2.33. The molecule has 10 heteroatoms. The van der Waals surface area contributed by atoms with Crippen LogP contribution in [0.3, 0.4) is 0 Å². The lowest BCUT2D eigenvalue weighted by Crippen LogP contribution is -2.24. The molecule has 9 nitrogen and oxygen atoms in total. The third-order valence-electron chi connectivity index (χ3n) is 4.09. The van der Waals surface area contributed by atoms with Crippen molar-refractivity contribution in [1.82, 2.24) is 5.32 Å². The van der Waals surface area contributed by atoms with Crippen LogP contribution in [0.5, 0.6) is 11.5 Å². The number of nitro benzene ring substituents is 1. The second-order valence-corrected chi connectivity index (χ2v) is 6.67. The summed E-state index contributed by atoms with van der Waals surface area (Å²) in [7, 11) is 1.51. The molecule has 0 aromatic heterocycles. The summed E-state index contributed by atoms with van der Waals surface area (Å²) in [6, 6.07) is 16.5. The Morgan fingerprint density at radius 3 is 2.13 bits per heavy atom. The van der Waals surface area contributed by atoms with Gasteiger partial charge in [0, 0.05) is 35.1 Å². The first-order valence-electron chi connectivity index (χ1n) is 8.98. The predicted octanol–water partition coefficient (Wildman–Crippen LogP) is 5.04. The van der Waals surface area contributed by atoms with Crippen molar-refractivity contribution in [2.75, 3.05) is 17.7 Å². The SMILES string of the molecule is CNC(=O)Nc1ccc(NC(=O)c2ccc(Oc3ccc(Cl)cc3[N+](=O)[O-])cc2)cc1. The van der Waals surface area contributed by atoms with E-state index in [1.165, 1.54) is 49.5 Å². The largest absolute Gasteiger partial charge is 0.450 e. The highest BCUT2D eigenvalue weighted by Gasteiger charge is 2.16. The van der Waals surface area contributed by atoms with Gasteiger partial charge in [-0.25, -0.2) is 4.79 Å². The molecule has 0 aliphatic carbocycles. The van der Waals surface area contributed by atoms with Crippen LogP contribution in [0, 0.1) is 10.1 Å². The predicted molar refractivity (Wildman–Crippen MR) is 117 cm³/mol. The summed E-state index contributed by atoms with van der Waals surface area (Å²) in [6.45, 7) is 0. The molecule has 0 aliphatic heterocycles. The number of hydrogen-bond donors (Lipinski definition) is 3. The molecule has 0 saturated carbocycles. The summed E-state index contributed by atoms with van der Waals surface area (Å²) in [5, 5.41) is 19.2.